The zero-order valence-electron chi connectivity index (χ0n) is 9.03. The number of hydrogen-bond donors (Lipinski definition) is 0. The van der Waals surface area contributed by atoms with E-state index in [1.54, 1.807) is 6.92 Å². The van der Waals surface area contributed by atoms with Crippen LogP contribution >= 0.6 is 0 Å². The van der Waals surface area contributed by atoms with E-state index in [4.69, 9.17) is 0 Å². The van der Waals surface area contributed by atoms with Gasteiger partial charge >= 0.3 is 0 Å². The van der Waals surface area contributed by atoms with Crippen LogP contribution in [0.15, 0.2) is 0 Å². The highest BCUT2D eigenvalue weighted by atomic mass is 16.1. The summed E-state index contributed by atoms with van der Waals surface area (Å²) in [5, 5.41) is 0. The molecule has 0 aromatic carbocycles. The fourth-order valence-corrected chi connectivity index (χ4v) is 1.28. The van der Waals surface area contributed by atoms with E-state index >= 15 is 0 Å². The average Bonchev–Trinajstić information content (AvgIpc) is 2.65. The van der Waals surface area contributed by atoms with Gasteiger partial charge in [-0.1, -0.05) is 5.92 Å². The van der Waals surface area contributed by atoms with E-state index in [0.717, 1.165) is 19.3 Å². The second-order valence-electron chi connectivity index (χ2n) is 5.07. The number of Topliss-reactive ketones (excluding diaryl/α,β-unsaturated/α-hetero) is 1. The Morgan fingerprint density at radius 2 is 1.92 bits per heavy atom. The first-order chi connectivity index (χ1) is 5.86. The van der Waals surface area contributed by atoms with Crippen molar-refractivity contribution in [1.82, 2.24) is 0 Å². The first kappa shape index (κ1) is 10.3. The van der Waals surface area contributed by atoms with Crippen LogP contribution < -0.4 is 0 Å². The van der Waals surface area contributed by atoms with Crippen LogP contribution in [0.1, 0.15) is 47.0 Å². The van der Waals surface area contributed by atoms with Crippen LogP contribution in [-0.4, -0.2) is 5.78 Å². The number of hydrogen-bond acceptors (Lipinski definition) is 1. The minimum atomic E-state index is -0.0434. The van der Waals surface area contributed by atoms with Crippen LogP contribution in [0.5, 0.6) is 0 Å². The standard InChI is InChI=1S/C12H18O/c1-10(13)12(8-9-12)7-5-6-11(2,3)4/h7-9H2,1-4H3. The lowest BCUT2D eigenvalue weighted by Crippen LogP contribution is -2.10. The van der Waals surface area contributed by atoms with Crippen molar-refractivity contribution in [2.75, 3.05) is 0 Å². The average molecular weight is 178 g/mol. The summed E-state index contributed by atoms with van der Waals surface area (Å²) in [6.07, 6.45) is 2.85. The summed E-state index contributed by atoms with van der Waals surface area (Å²) in [6, 6.07) is 0. The van der Waals surface area contributed by atoms with Crippen molar-refractivity contribution in [1.29, 1.82) is 0 Å². The number of carbonyl (C=O) groups is 1. The molecule has 1 aliphatic rings. The Bertz CT molecular complexity index is 266. The number of rotatable bonds is 2. The van der Waals surface area contributed by atoms with E-state index in [1.807, 2.05) is 0 Å². The molecule has 1 aliphatic carbocycles. The van der Waals surface area contributed by atoms with Crippen molar-refractivity contribution in [3.63, 3.8) is 0 Å². The summed E-state index contributed by atoms with van der Waals surface area (Å²) in [5.41, 5.74) is 0.0190. The minimum Gasteiger partial charge on any atom is -0.299 e. The molecule has 72 valence electrons. The fourth-order valence-electron chi connectivity index (χ4n) is 1.28. The lowest BCUT2D eigenvalue weighted by atomic mass is 9.94. The summed E-state index contributed by atoms with van der Waals surface area (Å²) in [5.74, 6) is 6.62. The highest BCUT2D eigenvalue weighted by Gasteiger charge is 2.46. The van der Waals surface area contributed by atoms with Crippen LogP contribution in [0.25, 0.3) is 0 Å². The summed E-state index contributed by atoms with van der Waals surface area (Å²) in [7, 11) is 0. The molecule has 1 rings (SSSR count). The van der Waals surface area contributed by atoms with Gasteiger partial charge in [-0.3, -0.25) is 4.79 Å². The Balaban J connectivity index is 2.51. The van der Waals surface area contributed by atoms with Gasteiger partial charge in [0.15, 0.2) is 0 Å². The summed E-state index contributed by atoms with van der Waals surface area (Å²) < 4.78 is 0. The fraction of sp³-hybridized carbons (Fsp3) is 0.750. The molecular formula is C12H18O. The maximum Gasteiger partial charge on any atom is 0.136 e. The van der Waals surface area contributed by atoms with Crippen LogP contribution in [0.4, 0.5) is 0 Å². The molecule has 1 fully saturated rings. The van der Waals surface area contributed by atoms with Gasteiger partial charge in [-0.15, -0.1) is 5.92 Å². The second-order valence-corrected chi connectivity index (χ2v) is 5.07. The predicted octanol–water partition coefficient (Wildman–Crippen LogP) is 2.80. The van der Waals surface area contributed by atoms with Crippen molar-refractivity contribution in [2.45, 2.75) is 47.0 Å². The molecule has 13 heavy (non-hydrogen) atoms. The van der Waals surface area contributed by atoms with Gasteiger partial charge in [0.05, 0.1) is 0 Å². The topological polar surface area (TPSA) is 17.1 Å². The zero-order chi connectivity index (χ0) is 10.1. The molecule has 1 heteroatoms. The molecule has 0 unspecified atom stereocenters. The van der Waals surface area contributed by atoms with E-state index in [2.05, 4.69) is 32.6 Å². The van der Waals surface area contributed by atoms with Gasteiger partial charge in [0.25, 0.3) is 0 Å². The van der Waals surface area contributed by atoms with Crippen molar-refractivity contribution in [3.05, 3.63) is 0 Å². The van der Waals surface area contributed by atoms with Crippen LogP contribution in [0, 0.1) is 22.7 Å². The van der Waals surface area contributed by atoms with Gasteiger partial charge < -0.3 is 0 Å². The largest absolute Gasteiger partial charge is 0.299 e. The normalized spacial score (nSPS) is 18.8. The molecule has 0 aromatic heterocycles. The summed E-state index contributed by atoms with van der Waals surface area (Å²) in [4.78, 5) is 11.2. The quantitative estimate of drug-likeness (QED) is 0.594. The maximum atomic E-state index is 11.2. The molecule has 1 nitrogen and oxygen atoms in total. The second kappa shape index (κ2) is 3.18. The number of carbonyl (C=O) groups excluding carboxylic acids is 1. The highest BCUT2D eigenvalue weighted by molar-refractivity contribution is 5.85. The van der Waals surface area contributed by atoms with Crippen LogP contribution in [0.2, 0.25) is 0 Å². The Hall–Kier alpha value is -0.770. The third kappa shape index (κ3) is 2.88. The van der Waals surface area contributed by atoms with Crippen molar-refractivity contribution < 1.29 is 4.79 Å². The summed E-state index contributed by atoms with van der Waals surface area (Å²) >= 11 is 0. The van der Waals surface area contributed by atoms with Gasteiger partial charge in [-0.2, -0.15) is 0 Å². The van der Waals surface area contributed by atoms with Gasteiger partial charge in [0.1, 0.15) is 5.78 Å². The Morgan fingerprint density at radius 3 is 2.23 bits per heavy atom. The molecule has 0 bridgehead atoms. The number of ketones is 1. The van der Waals surface area contributed by atoms with E-state index in [9.17, 15) is 4.79 Å². The van der Waals surface area contributed by atoms with E-state index in [0.29, 0.717) is 5.78 Å². The smallest absolute Gasteiger partial charge is 0.136 e. The first-order valence-electron chi connectivity index (χ1n) is 4.87. The van der Waals surface area contributed by atoms with Crippen LogP contribution in [0.3, 0.4) is 0 Å². The lowest BCUT2D eigenvalue weighted by molar-refractivity contribution is -0.121. The maximum absolute atomic E-state index is 11.2. The van der Waals surface area contributed by atoms with Gasteiger partial charge in [-0.25, -0.2) is 0 Å². The Labute approximate surface area is 80.9 Å². The molecule has 0 radical (unpaired) electrons. The van der Waals surface area contributed by atoms with E-state index < -0.39 is 0 Å². The van der Waals surface area contributed by atoms with Gasteiger partial charge in [0.2, 0.25) is 0 Å². The first-order valence-corrected chi connectivity index (χ1v) is 4.87. The molecule has 0 saturated heterocycles. The molecule has 0 spiro atoms. The monoisotopic (exact) mass is 178 g/mol. The molecular weight excluding hydrogens is 160 g/mol. The Kier molecular flexibility index (Phi) is 2.52. The molecule has 0 amide bonds. The summed E-state index contributed by atoms with van der Waals surface area (Å²) in [6.45, 7) is 7.96. The van der Waals surface area contributed by atoms with Crippen molar-refractivity contribution in [3.8, 4) is 11.8 Å². The predicted molar refractivity (Wildman–Crippen MR) is 54.2 cm³/mol. The van der Waals surface area contributed by atoms with Gasteiger partial charge in [0, 0.05) is 17.3 Å². The molecule has 0 atom stereocenters. The van der Waals surface area contributed by atoms with Crippen LogP contribution in [-0.2, 0) is 4.79 Å². The minimum absolute atomic E-state index is 0.0434. The van der Waals surface area contributed by atoms with E-state index in [-0.39, 0.29) is 10.8 Å². The highest BCUT2D eigenvalue weighted by Crippen LogP contribution is 2.49. The molecule has 0 aromatic rings. The lowest BCUT2D eigenvalue weighted by Gasteiger charge is -2.09. The Morgan fingerprint density at radius 1 is 1.38 bits per heavy atom. The molecule has 0 aliphatic heterocycles. The molecule has 1 saturated carbocycles. The van der Waals surface area contributed by atoms with Gasteiger partial charge in [-0.05, 0) is 40.5 Å². The third-order valence-electron chi connectivity index (χ3n) is 2.49. The zero-order valence-corrected chi connectivity index (χ0v) is 9.03. The molecule has 0 N–H and O–H groups in total. The van der Waals surface area contributed by atoms with E-state index in [1.165, 1.54) is 0 Å². The third-order valence-corrected chi connectivity index (χ3v) is 2.49. The van der Waals surface area contributed by atoms with Crippen molar-refractivity contribution in [2.24, 2.45) is 10.8 Å². The SMILES string of the molecule is CC(=O)C1(CC#CC(C)(C)C)CC1. The van der Waals surface area contributed by atoms with Crippen molar-refractivity contribution >= 4 is 5.78 Å². The molecule has 0 heterocycles.